The molecule has 4 heteroatoms. The van der Waals surface area contributed by atoms with Crippen molar-refractivity contribution < 1.29 is 0 Å². The third-order valence-electron chi connectivity index (χ3n) is 2.53. The van der Waals surface area contributed by atoms with Gasteiger partial charge in [0.05, 0.1) is 16.4 Å². The van der Waals surface area contributed by atoms with Gasteiger partial charge < -0.3 is 5.32 Å². The lowest BCUT2D eigenvalue weighted by atomic mass is 9.98. The second-order valence-electron chi connectivity index (χ2n) is 5.32. The molecule has 0 fully saturated rings. The summed E-state index contributed by atoms with van der Waals surface area (Å²) < 4.78 is 0. The summed E-state index contributed by atoms with van der Waals surface area (Å²) in [6.07, 6.45) is 1.82. The Labute approximate surface area is 112 Å². The second-order valence-corrected chi connectivity index (χ2v) is 6.18. The molecule has 0 saturated heterocycles. The first kappa shape index (κ1) is 13.2. The van der Waals surface area contributed by atoms with Crippen LogP contribution in [0.4, 0.5) is 0 Å². The topological polar surface area (TPSA) is 37.8 Å². The highest BCUT2D eigenvalue weighted by Crippen LogP contribution is 2.25. The maximum atomic E-state index is 4.65. The van der Waals surface area contributed by atoms with E-state index in [1.807, 2.05) is 24.4 Å². The number of hydrogen-bond acceptors (Lipinski definition) is 4. The predicted octanol–water partition coefficient (Wildman–Crippen LogP) is 3.13. The fourth-order valence-electron chi connectivity index (χ4n) is 1.55. The number of rotatable bonds is 4. The summed E-state index contributed by atoms with van der Waals surface area (Å²) >= 11 is 1.74. The van der Waals surface area contributed by atoms with Gasteiger partial charge in [-0.15, -0.1) is 11.3 Å². The Balaban J connectivity index is 1.86. The first-order chi connectivity index (χ1) is 8.55. The third kappa shape index (κ3) is 3.62. The number of nitrogens with zero attached hydrogens (tertiary/aromatic N) is 2. The highest BCUT2D eigenvalue weighted by atomic mass is 32.1. The molecule has 0 aliphatic carbocycles. The molecule has 96 valence electrons. The van der Waals surface area contributed by atoms with Crippen LogP contribution in [0.15, 0.2) is 29.8 Å². The van der Waals surface area contributed by atoms with Crippen LogP contribution < -0.4 is 5.32 Å². The average molecular weight is 261 g/mol. The monoisotopic (exact) mass is 261 g/mol. The van der Waals surface area contributed by atoms with Gasteiger partial charge in [-0.1, -0.05) is 26.8 Å². The van der Waals surface area contributed by atoms with E-state index >= 15 is 0 Å². The Hall–Kier alpha value is -1.26. The highest BCUT2D eigenvalue weighted by Gasteiger charge is 2.17. The van der Waals surface area contributed by atoms with Crippen LogP contribution in [0.25, 0.3) is 0 Å². The number of nitrogens with one attached hydrogen (secondary N) is 1. The van der Waals surface area contributed by atoms with E-state index in [-0.39, 0.29) is 5.41 Å². The van der Waals surface area contributed by atoms with Gasteiger partial charge in [0.25, 0.3) is 0 Å². The summed E-state index contributed by atoms with van der Waals surface area (Å²) in [6, 6.07) is 5.96. The van der Waals surface area contributed by atoms with Gasteiger partial charge in [-0.05, 0) is 12.1 Å². The van der Waals surface area contributed by atoms with E-state index in [0.29, 0.717) is 0 Å². The molecular weight excluding hydrogens is 242 g/mol. The molecule has 0 aliphatic rings. The minimum absolute atomic E-state index is 0.143. The summed E-state index contributed by atoms with van der Waals surface area (Å²) in [4.78, 5) is 8.92. The summed E-state index contributed by atoms with van der Waals surface area (Å²) in [5.74, 6) is 0. The molecule has 3 nitrogen and oxygen atoms in total. The van der Waals surface area contributed by atoms with Gasteiger partial charge in [0.2, 0.25) is 0 Å². The lowest BCUT2D eigenvalue weighted by molar-refractivity contribution is 0.579. The van der Waals surface area contributed by atoms with E-state index in [9.17, 15) is 0 Å². The van der Waals surface area contributed by atoms with Crippen molar-refractivity contribution in [3.63, 3.8) is 0 Å². The fourth-order valence-corrected chi connectivity index (χ4v) is 2.46. The van der Waals surface area contributed by atoms with Gasteiger partial charge >= 0.3 is 0 Å². The molecule has 1 N–H and O–H groups in total. The van der Waals surface area contributed by atoms with Gasteiger partial charge in [-0.25, -0.2) is 4.98 Å². The van der Waals surface area contributed by atoms with E-state index in [2.05, 4.69) is 41.4 Å². The van der Waals surface area contributed by atoms with Crippen LogP contribution in [0.2, 0.25) is 0 Å². The van der Waals surface area contributed by atoms with E-state index in [1.54, 1.807) is 11.3 Å². The second kappa shape index (κ2) is 5.59. The van der Waals surface area contributed by atoms with Crippen LogP contribution >= 0.6 is 11.3 Å². The standard InChI is InChI=1S/C14H19N3S/c1-14(2,3)13-17-12(10-18-13)9-15-8-11-6-4-5-7-16-11/h4-7,10,15H,8-9H2,1-3H3. The molecule has 0 spiro atoms. The van der Waals surface area contributed by atoms with Gasteiger partial charge in [-0.3, -0.25) is 4.98 Å². The van der Waals surface area contributed by atoms with E-state index in [4.69, 9.17) is 0 Å². The molecule has 0 bridgehead atoms. The largest absolute Gasteiger partial charge is 0.305 e. The molecule has 2 heterocycles. The molecule has 0 saturated carbocycles. The minimum Gasteiger partial charge on any atom is -0.305 e. The molecule has 2 aromatic heterocycles. The van der Waals surface area contributed by atoms with Crippen LogP contribution in [0, 0.1) is 0 Å². The lowest BCUT2D eigenvalue weighted by Crippen LogP contribution is -2.15. The van der Waals surface area contributed by atoms with Crippen molar-refractivity contribution in [2.75, 3.05) is 0 Å². The van der Waals surface area contributed by atoms with E-state index in [0.717, 1.165) is 24.5 Å². The van der Waals surface area contributed by atoms with Gasteiger partial charge in [-0.2, -0.15) is 0 Å². The molecule has 2 aromatic rings. The Bertz CT molecular complexity index is 485. The Morgan fingerprint density at radius 1 is 1.17 bits per heavy atom. The number of hydrogen-bond donors (Lipinski definition) is 1. The quantitative estimate of drug-likeness (QED) is 0.919. The first-order valence-electron chi connectivity index (χ1n) is 6.11. The number of thiazole rings is 1. The summed E-state index contributed by atoms with van der Waals surface area (Å²) in [7, 11) is 0. The molecule has 0 aliphatic heterocycles. The van der Waals surface area contributed by atoms with Crippen molar-refractivity contribution in [1.29, 1.82) is 0 Å². The van der Waals surface area contributed by atoms with Crippen molar-refractivity contribution in [2.24, 2.45) is 0 Å². The number of aromatic nitrogens is 2. The van der Waals surface area contributed by atoms with Crippen molar-refractivity contribution in [2.45, 2.75) is 39.3 Å². The van der Waals surface area contributed by atoms with Gasteiger partial charge in [0, 0.05) is 30.1 Å². The normalized spacial score (nSPS) is 11.7. The van der Waals surface area contributed by atoms with Crippen LogP contribution in [-0.4, -0.2) is 9.97 Å². The zero-order valence-electron chi connectivity index (χ0n) is 11.1. The molecule has 0 aromatic carbocycles. The highest BCUT2D eigenvalue weighted by molar-refractivity contribution is 7.09. The molecule has 0 atom stereocenters. The smallest absolute Gasteiger partial charge is 0.0982 e. The lowest BCUT2D eigenvalue weighted by Gasteiger charge is -2.13. The van der Waals surface area contributed by atoms with Crippen LogP contribution in [-0.2, 0) is 18.5 Å². The van der Waals surface area contributed by atoms with Crippen molar-refractivity contribution in [1.82, 2.24) is 15.3 Å². The van der Waals surface area contributed by atoms with Crippen LogP contribution in [0.3, 0.4) is 0 Å². The van der Waals surface area contributed by atoms with E-state index < -0.39 is 0 Å². The molecule has 18 heavy (non-hydrogen) atoms. The SMILES string of the molecule is CC(C)(C)c1nc(CNCc2ccccn2)cs1. The van der Waals surface area contributed by atoms with Crippen molar-refractivity contribution in [3.8, 4) is 0 Å². The summed E-state index contributed by atoms with van der Waals surface area (Å²) in [6.45, 7) is 8.15. The molecular formula is C14H19N3S. The summed E-state index contributed by atoms with van der Waals surface area (Å²) in [5, 5.41) is 6.69. The van der Waals surface area contributed by atoms with Crippen LogP contribution in [0.1, 0.15) is 37.2 Å². The predicted molar refractivity (Wildman–Crippen MR) is 75.6 cm³/mol. The molecule has 2 rings (SSSR count). The fraction of sp³-hybridized carbons (Fsp3) is 0.429. The number of pyridine rings is 1. The Kier molecular flexibility index (Phi) is 4.09. The van der Waals surface area contributed by atoms with Gasteiger partial charge in [0.15, 0.2) is 0 Å². The minimum atomic E-state index is 0.143. The molecule has 0 unspecified atom stereocenters. The Morgan fingerprint density at radius 3 is 2.56 bits per heavy atom. The van der Waals surface area contributed by atoms with E-state index in [1.165, 1.54) is 5.01 Å². The van der Waals surface area contributed by atoms with Crippen molar-refractivity contribution >= 4 is 11.3 Å². The average Bonchev–Trinajstić information content (AvgIpc) is 2.79. The van der Waals surface area contributed by atoms with Crippen molar-refractivity contribution in [3.05, 3.63) is 46.2 Å². The molecule has 0 radical (unpaired) electrons. The zero-order valence-corrected chi connectivity index (χ0v) is 11.9. The first-order valence-corrected chi connectivity index (χ1v) is 6.99. The van der Waals surface area contributed by atoms with Crippen LogP contribution in [0.5, 0.6) is 0 Å². The maximum absolute atomic E-state index is 4.65. The van der Waals surface area contributed by atoms with Gasteiger partial charge in [0.1, 0.15) is 0 Å². The Morgan fingerprint density at radius 2 is 1.94 bits per heavy atom. The third-order valence-corrected chi connectivity index (χ3v) is 3.85. The maximum Gasteiger partial charge on any atom is 0.0982 e. The zero-order chi connectivity index (χ0) is 13.0. The summed E-state index contributed by atoms with van der Waals surface area (Å²) in [5.41, 5.74) is 2.31. The molecule has 0 amide bonds.